The van der Waals surface area contributed by atoms with Crippen LogP contribution in [0, 0.1) is 11.3 Å². The molecule has 0 fully saturated rings. The number of nitrogens with zero attached hydrogens (tertiary/aromatic N) is 4. The van der Waals surface area contributed by atoms with Crippen LogP contribution >= 0.6 is 11.3 Å². The van der Waals surface area contributed by atoms with Gasteiger partial charge in [-0.2, -0.15) is 5.26 Å². The Labute approximate surface area is 184 Å². The summed E-state index contributed by atoms with van der Waals surface area (Å²) in [7, 11) is 0. The highest BCUT2D eigenvalue weighted by Crippen LogP contribution is 2.36. The molecule has 0 unspecified atom stereocenters. The Kier molecular flexibility index (Phi) is 5.96. The van der Waals surface area contributed by atoms with E-state index < -0.39 is 0 Å². The number of hydrogen-bond donors (Lipinski definition) is 1. The molecule has 0 atom stereocenters. The van der Waals surface area contributed by atoms with Crippen LogP contribution < -0.4 is 14.8 Å². The average Bonchev–Trinajstić information content (AvgIpc) is 3.24. The molecule has 0 radical (unpaired) electrons. The van der Waals surface area contributed by atoms with Crippen LogP contribution in [0.2, 0.25) is 0 Å². The number of ether oxygens (including phenoxy) is 2. The maximum atomic E-state index is 9.02. The lowest BCUT2D eigenvalue weighted by atomic mass is 10.1. The van der Waals surface area contributed by atoms with Crippen LogP contribution in [0.25, 0.3) is 21.5 Å². The first kappa shape index (κ1) is 20.6. The lowest BCUT2D eigenvalue weighted by molar-refractivity contribution is 0.224. The van der Waals surface area contributed by atoms with Crippen molar-refractivity contribution in [3.05, 3.63) is 53.8 Å². The van der Waals surface area contributed by atoms with Gasteiger partial charge in [0.25, 0.3) is 0 Å². The predicted octanol–water partition coefficient (Wildman–Crippen LogP) is 5.55. The van der Waals surface area contributed by atoms with Crippen LogP contribution in [-0.4, -0.2) is 27.7 Å². The van der Waals surface area contributed by atoms with Crippen LogP contribution in [0.4, 0.5) is 11.5 Å². The standard InChI is InChI=1S/C23H21N5O2S/c1-4-29-20-9-18-19(10-21(20)30-14(2)3)25-13-26-22(18)27-16-7-5-6-15(8-16)23-28-17(11-24)12-31-23/h5-10,12-14H,4H2,1-3H3,(H,25,26,27). The normalized spacial score (nSPS) is 10.8. The van der Waals surface area contributed by atoms with Crippen LogP contribution in [0.3, 0.4) is 0 Å². The maximum absolute atomic E-state index is 9.02. The summed E-state index contributed by atoms with van der Waals surface area (Å²) in [5.41, 5.74) is 2.96. The summed E-state index contributed by atoms with van der Waals surface area (Å²) in [5.74, 6) is 1.98. The Hall–Kier alpha value is -3.70. The third kappa shape index (κ3) is 4.57. The Bertz CT molecular complexity index is 1260. The molecular weight excluding hydrogens is 410 g/mol. The highest BCUT2D eigenvalue weighted by Gasteiger charge is 2.14. The van der Waals surface area contributed by atoms with Crippen molar-refractivity contribution in [3.8, 4) is 28.1 Å². The van der Waals surface area contributed by atoms with E-state index in [0.717, 1.165) is 27.2 Å². The number of nitriles is 1. The van der Waals surface area contributed by atoms with E-state index in [1.807, 2.05) is 57.2 Å². The molecule has 0 saturated heterocycles. The Morgan fingerprint density at radius 2 is 2.03 bits per heavy atom. The molecule has 0 aliphatic rings. The van der Waals surface area contributed by atoms with Crippen LogP contribution in [0.5, 0.6) is 11.5 Å². The van der Waals surface area contributed by atoms with E-state index >= 15 is 0 Å². The topological polar surface area (TPSA) is 93.0 Å². The fraction of sp³-hybridized carbons (Fsp3) is 0.217. The maximum Gasteiger partial charge on any atom is 0.163 e. The van der Waals surface area contributed by atoms with Gasteiger partial charge in [-0.1, -0.05) is 12.1 Å². The first-order chi connectivity index (χ1) is 15.1. The van der Waals surface area contributed by atoms with Gasteiger partial charge < -0.3 is 14.8 Å². The lowest BCUT2D eigenvalue weighted by Gasteiger charge is -2.16. The molecule has 0 spiro atoms. The molecule has 2 aromatic heterocycles. The van der Waals surface area contributed by atoms with Gasteiger partial charge in [-0.25, -0.2) is 15.0 Å². The zero-order chi connectivity index (χ0) is 21.8. The molecule has 2 aromatic carbocycles. The number of aromatic nitrogens is 3. The third-order valence-electron chi connectivity index (χ3n) is 4.35. The van der Waals surface area contributed by atoms with E-state index in [-0.39, 0.29) is 6.10 Å². The van der Waals surface area contributed by atoms with Crippen molar-refractivity contribution in [1.29, 1.82) is 5.26 Å². The van der Waals surface area contributed by atoms with Gasteiger partial charge in [0.15, 0.2) is 17.2 Å². The number of benzene rings is 2. The van der Waals surface area contributed by atoms with Crippen LogP contribution in [0.1, 0.15) is 26.5 Å². The molecule has 0 aliphatic carbocycles. The van der Waals surface area contributed by atoms with Gasteiger partial charge >= 0.3 is 0 Å². The Balaban J connectivity index is 1.71. The van der Waals surface area contributed by atoms with E-state index in [4.69, 9.17) is 14.7 Å². The van der Waals surface area contributed by atoms with Crippen molar-refractivity contribution in [2.75, 3.05) is 11.9 Å². The largest absolute Gasteiger partial charge is 0.490 e. The Morgan fingerprint density at radius 3 is 2.77 bits per heavy atom. The summed E-state index contributed by atoms with van der Waals surface area (Å²) >= 11 is 1.44. The zero-order valence-electron chi connectivity index (χ0n) is 17.4. The molecule has 8 heteroatoms. The minimum absolute atomic E-state index is 0.0197. The van der Waals surface area contributed by atoms with E-state index in [1.54, 1.807) is 5.38 Å². The van der Waals surface area contributed by atoms with Crippen molar-refractivity contribution in [1.82, 2.24) is 15.0 Å². The number of nitrogens with one attached hydrogen (secondary N) is 1. The lowest BCUT2D eigenvalue weighted by Crippen LogP contribution is -2.08. The molecule has 0 bridgehead atoms. The molecule has 0 amide bonds. The molecule has 2 heterocycles. The predicted molar refractivity (Wildman–Crippen MR) is 122 cm³/mol. The van der Waals surface area contributed by atoms with E-state index in [0.29, 0.717) is 29.6 Å². The molecule has 0 aliphatic heterocycles. The highest BCUT2D eigenvalue weighted by molar-refractivity contribution is 7.13. The van der Waals surface area contributed by atoms with Crippen molar-refractivity contribution in [3.63, 3.8) is 0 Å². The van der Waals surface area contributed by atoms with Crippen molar-refractivity contribution < 1.29 is 9.47 Å². The fourth-order valence-corrected chi connectivity index (χ4v) is 3.85. The second-order valence-corrected chi connectivity index (χ2v) is 7.85. The Morgan fingerprint density at radius 1 is 1.16 bits per heavy atom. The van der Waals surface area contributed by atoms with E-state index in [1.165, 1.54) is 17.7 Å². The molecular formula is C23H21N5O2S. The van der Waals surface area contributed by atoms with E-state index in [2.05, 4.69) is 26.3 Å². The zero-order valence-corrected chi connectivity index (χ0v) is 18.2. The van der Waals surface area contributed by atoms with Crippen molar-refractivity contribution in [2.24, 2.45) is 0 Å². The molecule has 1 N–H and O–H groups in total. The van der Waals surface area contributed by atoms with Crippen molar-refractivity contribution in [2.45, 2.75) is 26.9 Å². The third-order valence-corrected chi connectivity index (χ3v) is 5.25. The van der Waals surface area contributed by atoms with Gasteiger partial charge in [-0.05, 0) is 39.0 Å². The number of hydrogen-bond acceptors (Lipinski definition) is 8. The van der Waals surface area contributed by atoms with Gasteiger partial charge in [0.1, 0.15) is 23.2 Å². The molecule has 0 saturated carbocycles. The minimum Gasteiger partial charge on any atom is -0.490 e. The van der Waals surface area contributed by atoms with Gasteiger partial charge in [-0.15, -0.1) is 11.3 Å². The molecule has 4 rings (SSSR count). The molecule has 156 valence electrons. The van der Waals surface area contributed by atoms with Gasteiger partial charge in [0.2, 0.25) is 0 Å². The van der Waals surface area contributed by atoms with Crippen LogP contribution in [0.15, 0.2) is 48.1 Å². The quantitative estimate of drug-likeness (QED) is 0.410. The minimum atomic E-state index is 0.0197. The number of anilines is 2. The summed E-state index contributed by atoms with van der Waals surface area (Å²) in [6.07, 6.45) is 1.54. The summed E-state index contributed by atoms with van der Waals surface area (Å²) in [6.45, 7) is 6.41. The highest BCUT2D eigenvalue weighted by atomic mass is 32.1. The summed E-state index contributed by atoms with van der Waals surface area (Å²) in [4.78, 5) is 13.2. The van der Waals surface area contributed by atoms with Gasteiger partial charge in [0.05, 0.1) is 18.2 Å². The number of fused-ring (bicyclic) bond motifs is 1. The summed E-state index contributed by atoms with van der Waals surface area (Å²) in [5, 5.41) is 15.8. The second kappa shape index (κ2) is 8.98. The smallest absolute Gasteiger partial charge is 0.163 e. The monoisotopic (exact) mass is 431 g/mol. The second-order valence-electron chi connectivity index (χ2n) is 6.99. The van der Waals surface area contributed by atoms with Gasteiger partial charge in [0, 0.05) is 28.1 Å². The fourth-order valence-electron chi connectivity index (χ4n) is 3.10. The molecule has 31 heavy (non-hydrogen) atoms. The van der Waals surface area contributed by atoms with Gasteiger partial charge in [-0.3, -0.25) is 0 Å². The first-order valence-electron chi connectivity index (χ1n) is 9.88. The number of rotatable bonds is 7. The SMILES string of the molecule is CCOc1cc2c(Nc3cccc(-c4nc(C#N)cs4)c3)ncnc2cc1OC(C)C. The average molecular weight is 432 g/mol. The summed E-state index contributed by atoms with van der Waals surface area (Å²) in [6, 6.07) is 13.7. The molecule has 7 nitrogen and oxygen atoms in total. The van der Waals surface area contributed by atoms with Crippen LogP contribution in [-0.2, 0) is 0 Å². The molecule has 4 aromatic rings. The van der Waals surface area contributed by atoms with E-state index in [9.17, 15) is 0 Å². The number of thiazole rings is 1. The summed E-state index contributed by atoms with van der Waals surface area (Å²) < 4.78 is 11.7. The van der Waals surface area contributed by atoms with Crippen molar-refractivity contribution >= 4 is 33.7 Å². The first-order valence-corrected chi connectivity index (χ1v) is 10.8.